The Labute approximate surface area is 186 Å². The molecular weight excluding hydrogens is 415 g/mol. The zero-order chi connectivity index (χ0) is 23.3. The summed E-state index contributed by atoms with van der Waals surface area (Å²) >= 11 is 0. The number of cyclic esters (lactones) is 1. The van der Waals surface area contributed by atoms with Gasteiger partial charge in [0.15, 0.2) is 0 Å². The second-order valence-electron chi connectivity index (χ2n) is 7.63. The van der Waals surface area contributed by atoms with Crippen molar-refractivity contribution in [3.8, 4) is 11.1 Å². The molecule has 0 radical (unpaired) electrons. The molecule has 9 heteroatoms. The van der Waals surface area contributed by atoms with Gasteiger partial charge in [-0.15, -0.1) is 0 Å². The molecule has 0 saturated carbocycles. The zero-order valence-corrected chi connectivity index (χ0v) is 18.3. The molecule has 2 aromatic carbocycles. The van der Waals surface area contributed by atoms with Crippen LogP contribution in [0.4, 0.5) is 14.9 Å². The second-order valence-corrected chi connectivity index (χ2v) is 7.63. The lowest BCUT2D eigenvalue weighted by molar-refractivity contribution is -0.122. The lowest BCUT2D eigenvalue weighted by atomic mass is 10.0. The normalized spacial score (nSPS) is 16.4. The van der Waals surface area contributed by atoms with Crippen molar-refractivity contribution in [2.45, 2.75) is 32.5 Å². The molecule has 1 fully saturated rings. The quantitative estimate of drug-likeness (QED) is 0.582. The number of hydrogen-bond donors (Lipinski definition) is 3. The Kier molecular flexibility index (Phi) is 7.42. The van der Waals surface area contributed by atoms with Crippen LogP contribution in [0.2, 0.25) is 0 Å². The summed E-state index contributed by atoms with van der Waals surface area (Å²) in [5.74, 6) is -0.760. The van der Waals surface area contributed by atoms with Gasteiger partial charge in [-0.2, -0.15) is 0 Å². The molecule has 1 aliphatic heterocycles. The Hall–Kier alpha value is -3.46. The molecule has 3 amide bonds. The summed E-state index contributed by atoms with van der Waals surface area (Å²) in [5.41, 5.74) is 2.47. The highest BCUT2D eigenvalue weighted by Gasteiger charge is 2.32. The van der Waals surface area contributed by atoms with Gasteiger partial charge in [-0.1, -0.05) is 24.3 Å². The minimum absolute atomic E-state index is 0.0906. The minimum atomic E-state index is -0.574. The van der Waals surface area contributed by atoms with Gasteiger partial charge >= 0.3 is 6.09 Å². The van der Waals surface area contributed by atoms with Gasteiger partial charge in [0.25, 0.3) is 0 Å². The molecule has 0 aliphatic carbocycles. The molecular formula is C23H27FN4O4. The van der Waals surface area contributed by atoms with Gasteiger partial charge in [-0.3, -0.25) is 14.5 Å². The number of hydrogen-bond acceptors (Lipinski definition) is 5. The molecule has 0 aromatic heterocycles. The fraction of sp³-hybridized carbons (Fsp3) is 0.348. The van der Waals surface area contributed by atoms with E-state index in [1.54, 1.807) is 26.1 Å². The molecule has 8 nitrogen and oxygen atoms in total. The van der Waals surface area contributed by atoms with Crippen molar-refractivity contribution in [2.75, 3.05) is 25.0 Å². The number of amides is 3. The molecule has 3 rings (SSSR count). The Balaban J connectivity index is 1.65. The standard InChI is InChI=1S/C23H27FN4O4/c1-14(22(30)25-3)26-11-16-4-6-17(7-5-16)20-9-8-18(10-21(20)24)28-13-19(32-23(28)31)12-27-15(2)29/h4-10,14,19,26H,11-13H2,1-3H3,(H,25,30)(H,27,29)/t14-,19-/m0/s1. The highest BCUT2D eigenvalue weighted by Crippen LogP contribution is 2.29. The second kappa shape index (κ2) is 10.2. The largest absolute Gasteiger partial charge is 0.442 e. The van der Waals surface area contributed by atoms with E-state index in [2.05, 4.69) is 16.0 Å². The van der Waals surface area contributed by atoms with E-state index in [1.807, 2.05) is 24.3 Å². The van der Waals surface area contributed by atoms with Crippen LogP contribution in [0.15, 0.2) is 42.5 Å². The maximum absolute atomic E-state index is 14.9. The summed E-state index contributed by atoms with van der Waals surface area (Å²) in [7, 11) is 1.59. The first-order valence-electron chi connectivity index (χ1n) is 10.3. The fourth-order valence-electron chi connectivity index (χ4n) is 3.38. The molecule has 2 aromatic rings. The number of nitrogens with one attached hydrogen (secondary N) is 3. The Morgan fingerprint density at radius 1 is 1.22 bits per heavy atom. The highest BCUT2D eigenvalue weighted by atomic mass is 19.1. The van der Waals surface area contributed by atoms with Gasteiger partial charge < -0.3 is 20.7 Å². The van der Waals surface area contributed by atoms with E-state index < -0.39 is 18.0 Å². The van der Waals surface area contributed by atoms with E-state index >= 15 is 0 Å². The average Bonchev–Trinajstić information content (AvgIpc) is 3.16. The monoisotopic (exact) mass is 442 g/mol. The maximum atomic E-state index is 14.9. The Morgan fingerprint density at radius 3 is 2.56 bits per heavy atom. The lowest BCUT2D eigenvalue weighted by Crippen LogP contribution is -2.40. The summed E-state index contributed by atoms with van der Waals surface area (Å²) in [6.45, 7) is 4.11. The smallest absolute Gasteiger partial charge is 0.414 e. The molecule has 0 spiro atoms. The van der Waals surface area contributed by atoms with Gasteiger partial charge in [0.2, 0.25) is 11.8 Å². The number of likely N-dealkylation sites (N-methyl/N-ethyl adjacent to an activating group) is 1. The van der Waals surface area contributed by atoms with Crippen LogP contribution in [0.5, 0.6) is 0 Å². The summed E-state index contributed by atoms with van der Waals surface area (Å²) in [6, 6.07) is 11.6. The summed E-state index contributed by atoms with van der Waals surface area (Å²) in [5, 5.41) is 8.32. The van der Waals surface area contributed by atoms with Gasteiger partial charge in [0.05, 0.1) is 24.8 Å². The molecule has 1 aliphatic rings. The molecule has 0 bridgehead atoms. The van der Waals surface area contributed by atoms with Crippen LogP contribution in [0.1, 0.15) is 19.4 Å². The number of ether oxygens (including phenoxy) is 1. The SMILES string of the molecule is CNC(=O)[C@H](C)NCc1ccc(-c2ccc(N3C[C@H](CNC(C)=O)OC3=O)cc2F)cc1. The van der Waals surface area contributed by atoms with Gasteiger partial charge in [0, 0.05) is 26.1 Å². The third kappa shape index (κ3) is 5.61. The highest BCUT2D eigenvalue weighted by molar-refractivity contribution is 5.90. The molecule has 3 N–H and O–H groups in total. The number of carbonyl (C=O) groups is 3. The van der Waals surface area contributed by atoms with Crippen molar-refractivity contribution in [3.63, 3.8) is 0 Å². The number of carbonyl (C=O) groups excluding carboxylic acids is 3. The predicted octanol–water partition coefficient (Wildman–Crippen LogP) is 2.18. The Morgan fingerprint density at radius 2 is 1.94 bits per heavy atom. The van der Waals surface area contributed by atoms with Crippen LogP contribution in [-0.2, 0) is 20.9 Å². The fourth-order valence-corrected chi connectivity index (χ4v) is 3.38. The van der Waals surface area contributed by atoms with E-state index in [4.69, 9.17) is 4.74 Å². The minimum Gasteiger partial charge on any atom is -0.442 e. The molecule has 1 saturated heterocycles. The van der Waals surface area contributed by atoms with Crippen molar-refractivity contribution in [2.24, 2.45) is 0 Å². The summed E-state index contributed by atoms with van der Waals surface area (Å²) in [6.07, 6.45) is -1.06. The third-order valence-electron chi connectivity index (χ3n) is 5.23. The maximum Gasteiger partial charge on any atom is 0.414 e. The van der Waals surface area contributed by atoms with E-state index in [9.17, 15) is 18.8 Å². The van der Waals surface area contributed by atoms with E-state index in [0.717, 1.165) is 5.56 Å². The number of benzene rings is 2. The lowest BCUT2D eigenvalue weighted by Gasteiger charge is -2.15. The van der Waals surface area contributed by atoms with Crippen LogP contribution >= 0.6 is 0 Å². The van der Waals surface area contributed by atoms with Crippen molar-refractivity contribution in [1.29, 1.82) is 0 Å². The van der Waals surface area contributed by atoms with E-state index in [0.29, 0.717) is 23.4 Å². The van der Waals surface area contributed by atoms with Gasteiger partial charge in [-0.05, 0) is 36.2 Å². The zero-order valence-electron chi connectivity index (χ0n) is 18.3. The number of rotatable bonds is 8. The summed E-state index contributed by atoms with van der Waals surface area (Å²) in [4.78, 5) is 36.1. The molecule has 170 valence electrons. The third-order valence-corrected chi connectivity index (χ3v) is 5.23. The number of nitrogens with zero attached hydrogens (tertiary/aromatic N) is 1. The first-order chi connectivity index (χ1) is 15.3. The van der Waals surface area contributed by atoms with Crippen LogP contribution in [0.3, 0.4) is 0 Å². The van der Waals surface area contributed by atoms with Crippen molar-refractivity contribution >= 4 is 23.6 Å². The first kappa shape index (κ1) is 23.2. The van der Waals surface area contributed by atoms with Crippen LogP contribution in [-0.4, -0.2) is 50.2 Å². The van der Waals surface area contributed by atoms with E-state index in [1.165, 1.54) is 17.9 Å². The number of halogens is 1. The van der Waals surface area contributed by atoms with Crippen LogP contribution in [0.25, 0.3) is 11.1 Å². The Bertz CT molecular complexity index is 996. The van der Waals surface area contributed by atoms with E-state index in [-0.39, 0.29) is 30.9 Å². The van der Waals surface area contributed by atoms with Crippen molar-refractivity contribution in [3.05, 3.63) is 53.8 Å². The average molecular weight is 442 g/mol. The van der Waals surface area contributed by atoms with Crippen LogP contribution < -0.4 is 20.9 Å². The first-order valence-corrected chi connectivity index (χ1v) is 10.3. The van der Waals surface area contributed by atoms with Crippen molar-refractivity contribution in [1.82, 2.24) is 16.0 Å². The topological polar surface area (TPSA) is 99.8 Å². The predicted molar refractivity (Wildman–Crippen MR) is 119 cm³/mol. The van der Waals surface area contributed by atoms with Gasteiger partial charge in [-0.25, -0.2) is 9.18 Å². The van der Waals surface area contributed by atoms with Crippen molar-refractivity contribution < 1.29 is 23.5 Å². The molecule has 2 atom stereocenters. The molecule has 32 heavy (non-hydrogen) atoms. The summed E-state index contributed by atoms with van der Waals surface area (Å²) < 4.78 is 20.1. The van der Waals surface area contributed by atoms with Gasteiger partial charge in [0.1, 0.15) is 11.9 Å². The van der Waals surface area contributed by atoms with Crippen LogP contribution in [0, 0.1) is 5.82 Å². The number of anilines is 1. The molecule has 0 unspecified atom stereocenters. The molecule has 1 heterocycles.